The number of amides is 1. The Morgan fingerprint density at radius 3 is 2.38 bits per heavy atom. The zero-order chi connectivity index (χ0) is 18.4. The molecule has 0 unspecified atom stereocenters. The number of benzene rings is 2. The van der Waals surface area contributed by atoms with Crippen molar-refractivity contribution in [3.8, 4) is 11.5 Å². The minimum Gasteiger partial charge on any atom is -0.457 e. The molecular weight excluding hydrogens is 330 g/mol. The molecule has 5 nitrogen and oxygen atoms in total. The van der Waals surface area contributed by atoms with Crippen molar-refractivity contribution in [2.45, 2.75) is 32.2 Å². The predicted octanol–water partition coefficient (Wildman–Crippen LogP) is 4.04. The van der Waals surface area contributed by atoms with Gasteiger partial charge in [-0.05, 0) is 62.6 Å². The molecule has 0 radical (unpaired) electrons. The molecule has 0 aliphatic carbocycles. The minimum atomic E-state index is -0.505. The van der Waals surface area contributed by atoms with E-state index in [1.807, 2.05) is 37.3 Å². The number of piperidine rings is 1. The Balaban J connectivity index is 1.52. The molecule has 1 fully saturated rings. The van der Waals surface area contributed by atoms with Gasteiger partial charge in [0, 0.05) is 12.6 Å². The van der Waals surface area contributed by atoms with Gasteiger partial charge in [-0.15, -0.1) is 0 Å². The van der Waals surface area contributed by atoms with E-state index in [0.29, 0.717) is 11.3 Å². The second kappa shape index (κ2) is 8.52. The molecule has 2 aromatic carbocycles. The third-order valence-electron chi connectivity index (χ3n) is 4.52. The molecule has 0 bridgehead atoms. The first-order chi connectivity index (χ1) is 12.6. The Labute approximate surface area is 153 Å². The van der Waals surface area contributed by atoms with Gasteiger partial charge in [0.2, 0.25) is 0 Å². The highest BCUT2D eigenvalue weighted by Crippen LogP contribution is 2.21. The normalized spacial score (nSPS) is 16.8. The number of nitrogens with zero attached hydrogens (tertiary/aromatic N) is 1. The van der Waals surface area contributed by atoms with E-state index in [2.05, 4.69) is 0 Å². The van der Waals surface area contributed by atoms with Gasteiger partial charge in [0.05, 0.1) is 5.56 Å². The topological polar surface area (TPSA) is 55.8 Å². The first-order valence-corrected chi connectivity index (χ1v) is 8.93. The lowest BCUT2D eigenvalue weighted by Gasteiger charge is -2.33. The Bertz CT molecular complexity index is 742. The summed E-state index contributed by atoms with van der Waals surface area (Å²) in [5.74, 6) is 0.721. The molecular formula is C21H23NO4. The highest BCUT2D eigenvalue weighted by atomic mass is 16.5. The average Bonchev–Trinajstić information content (AvgIpc) is 2.67. The van der Waals surface area contributed by atoms with Crippen LogP contribution in [0.15, 0.2) is 54.6 Å². The van der Waals surface area contributed by atoms with Crippen molar-refractivity contribution in [1.29, 1.82) is 0 Å². The summed E-state index contributed by atoms with van der Waals surface area (Å²) in [5, 5.41) is 0. The van der Waals surface area contributed by atoms with E-state index in [9.17, 15) is 9.59 Å². The van der Waals surface area contributed by atoms with Crippen molar-refractivity contribution in [2.24, 2.45) is 0 Å². The second-order valence-corrected chi connectivity index (χ2v) is 6.45. The molecule has 0 saturated carbocycles. The van der Waals surface area contributed by atoms with Gasteiger partial charge in [-0.2, -0.15) is 0 Å². The van der Waals surface area contributed by atoms with Crippen LogP contribution in [0.2, 0.25) is 0 Å². The maximum atomic E-state index is 12.2. The Morgan fingerprint density at radius 2 is 1.69 bits per heavy atom. The maximum absolute atomic E-state index is 12.2. The summed E-state index contributed by atoms with van der Waals surface area (Å²) in [7, 11) is 0. The van der Waals surface area contributed by atoms with Gasteiger partial charge in [-0.25, -0.2) is 4.79 Å². The maximum Gasteiger partial charge on any atom is 0.338 e. The number of esters is 1. The monoisotopic (exact) mass is 353 g/mol. The molecule has 2 aromatic rings. The van der Waals surface area contributed by atoms with Crippen molar-refractivity contribution in [3.05, 3.63) is 60.2 Å². The molecule has 0 N–H and O–H groups in total. The first kappa shape index (κ1) is 18.0. The molecule has 1 heterocycles. The number of hydrogen-bond donors (Lipinski definition) is 0. The zero-order valence-corrected chi connectivity index (χ0v) is 14.9. The fourth-order valence-corrected chi connectivity index (χ4v) is 3.05. The lowest BCUT2D eigenvalue weighted by Crippen LogP contribution is -2.44. The summed E-state index contributed by atoms with van der Waals surface area (Å²) in [6, 6.07) is 16.3. The van der Waals surface area contributed by atoms with E-state index >= 15 is 0 Å². The van der Waals surface area contributed by atoms with E-state index in [1.54, 1.807) is 29.2 Å². The highest BCUT2D eigenvalue weighted by Gasteiger charge is 2.24. The standard InChI is InChI=1S/C21H23NO4/c1-16-7-5-6-14-22(16)20(23)15-25-21(24)17-10-12-19(13-11-17)26-18-8-3-2-4-9-18/h2-4,8-13,16H,5-7,14-15H2,1H3/t16-/m1/s1. The van der Waals surface area contributed by atoms with E-state index < -0.39 is 5.97 Å². The number of carbonyl (C=O) groups is 2. The van der Waals surface area contributed by atoms with Gasteiger partial charge in [0.1, 0.15) is 11.5 Å². The van der Waals surface area contributed by atoms with E-state index in [1.165, 1.54) is 0 Å². The number of rotatable bonds is 5. The SMILES string of the molecule is C[C@@H]1CCCCN1C(=O)COC(=O)c1ccc(Oc2ccccc2)cc1. The van der Waals surface area contributed by atoms with Crippen LogP contribution in [0.25, 0.3) is 0 Å². The van der Waals surface area contributed by atoms with Crippen LogP contribution in [0.4, 0.5) is 0 Å². The van der Waals surface area contributed by atoms with Crippen LogP contribution in [0.3, 0.4) is 0 Å². The Kier molecular flexibility index (Phi) is 5.89. The van der Waals surface area contributed by atoms with Crippen molar-refractivity contribution in [3.63, 3.8) is 0 Å². The van der Waals surface area contributed by atoms with Crippen LogP contribution in [0.5, 0.6) is 11.5 Å². The Hall–Kier alpha value is -2.82. The van der Waals surface area contributed by atoms with Gasteiger partial charge in [0.15, 0.2) is 6.61 Å². The molecule has 3 rings (SSSR count). The quantitative estimate of drug-likeness (QED) is 0.762. The van der Waals surface area contributed by atoms with Crippen LogP contribution in [0, 0.1) is 0 Å². The van der Waals surface area contributed by atoms with Crippen molar-refractivity contribution >= 4 is 11.9 Å². The molecule has 1 atom stereocenters. The lowest BCUT2D eigenvalue weighted by atomic mass is 10.0. The van der Waals surface area contributed by atoms with E-state index in [-0.39, 0.29) is 18.6 Å². The van der Waals surface area contributed by atoms with Crippen LogP contribution in [-0.2, 0) is 9.53 Å². The molecule has 1 aliphatic heterocycles. The van der Waals surface area contributed by atoms with Gasteiger partial charge in [-0.1, -0.05) is 18.2 Å². The molecule has 0 aromatic heterocycles. The van der Waals surface area contributed by atoms with Crippen molar-refractivity contribution in [2.75, 3.05) is 13.2 Å². The summed E-state index contributed by atoms with van der Waals surface area (Å²) >= 11 is 0. The first-order valence-electron chi connectivity index (χ1n) is 8.93. The molecule has 136 valence electrons. The fourth-order valence-electron chi connectivity index (χ4n) is 3.05. The predicted molar refractivity (Wildman–Crippen MR) is 98.3 cm³/mol. The van der Waals surface area contributed by atoms with E-state index in [4.69, 9.17) is 9.47 Å². The zero-order valence-electron chi connectivity index (χ0n) is 14.9. The summed E-state index contributed by atoms with van der Waals surface area (Å²) in [6.07, 6.45) is 3.15. The smallest absolute Gasteiger partial charge is 0.338 e. The highest BCUT2D eigenvalue weighted by molar-refractivity contribution is 5.91. The van der Waals surface area contributed by atoms with Gasteiger partial charge in [0.25, 0.3) is 5.91 Å². The summed E-state index contributed by atoms with van der Waals surface area (Å²) in [4.78, 5) is 26.2. The molecule has 5 heteroatoms. The molecule has 26 heavy (non-hydrogen) atoms. The van der Waals surface area contributed by atoms with E-state index in [0.717, 1.165) is 31.6 Å². The minimum absolute atomic E-state index is 0.130. The summed E-state index contributed by atoms with van der Waals surface area (Å²) in [6.45, 7) is 2.55. The summed E-state index contributed by atoms with van der Waals surface area (Å²) in [5.41, 5.74) is 0.393. The van der Waals surface area contributed by atoms with Crippen LogP contribution in [-0.4, -0.2) is 36.0 Å². The third kappa shape index (κ3) is 4.63. The van der Waals surface area contributed by atoms with Crippen LogP contribution >= 0.6 is 0 Å². The summed E-state index contributed by atoms with van der Waals surface area (Å²) < 4.78 is 10.9. The number of likely N-dealkylation sites (tertiary alicyclic amines) is 1. The number of hydrogen-bond acceptors (Lipinski definition) is 4. The molecule has 1 amide bonds. The van der Waals surface area contributed by atoms with Crippen LogP contribution < -0.4 is 4.74 Å². The number of ether oxygens (including phenoxy) is 2. The van der Waals surface area contributed by atoms with Crippen LogP contribution in [0.1, 0.15) is 36.5 Å². The number of para-hydroxylation sites is 1. The molecule has 1 aliphatic rings. The van der Waals surface area contributed by atoms with Crippen molar-refractivity contribution in [1.82, 2.24) is 4.90 Å². The average molecular weight is 353 g/mol. The van der Waals surface area contributed by atoms with Gasteiger partial charge < -0.3 is 14.4 Å². The second-order valence-electron chi connectivity index (χ2n) is 6.45. The van der Waals surface area contributed by atoms with Gasteiger partial charge in [-0.3, -0.25) is 4.79 Å². The molecule has 1 saturated heterocycles. The fraction of sp³-hybridized carbons (Fsp3) is 0.333. The van der Waals surface area contributed by atoms with Gasteiger partial charge >= 0.3 is 5.97 Å². The third-order valence-corrected chi connectivity index (χ3v) is 4.52. The number of carbonyl (C=O) groups excluding carboxylic acids is 2. The Morgan fingerprint density at radius 1 is 1.00 bits per heavy atom. The molecule has 0 spiro atoms. The van der Waals surface area contributed by atoms with Crippen molar-refractivity contribution < 1.29 is 19.1 Å². The largest absolute Gasteiger partial charge is 0.457 e. The lowest BCUT2D eigenvalue weighted by molar-refractivity contribution is -0.137.